The van der Waals surface area contributed by atoms with Gasteiger partial charge in [-0.1, -0.05) is 78.9 Å². The van der Waals surface area contributed by atoms with E-state index in [0.29, 0.717) is 28.5 Å². The van der Waals surface area contributed by atoms with Gasteiger partial charge in [0.15, 0.2) is 11.6 Å². The quantitative estimate of drug-likeness (QED) is 0.178. The average molecular weight is 691 g/mol. The molecule has 8 heteroatoms. The summed E-state index contributed by atoms with van der Waals surface area (Å²) >= 11 is 0. The molecule has 10 rings (SSSR count). The lowest BCUT2D eigenvalue weighted by molar-refractivity contribution is 1.12. The number of nitrogens with zero attached hydrogens (tertiary/aromatic N) is 8. The smallest absolute Gasteiger partial charge is 0.159 e. The van der Waals surface area contributed by atoms with Gasteiger partial charge >= 0.3 is 0 Å². The summed E-state index contributed by atoms with van der Waals surface area (Å²) in [7, 11) is 0. The number of fused-ring (bicyclic) bond motifs is 6. The number of aromatic nitrogens is 6. The molecule has 0 amide bonds. The second kappa shape index (κ2) is 12.4. The molecule has 10 aromatic rings. The fourth-order valence-electron chi connectivity index (χ4n) is 7.71. The Hall–Kier alpha value is -7.94. The predicted octanol–water partition coefficient (Wildman–Crippen LogP) is 10.2. The topological polar surface area (TPSA) is 109 Å². The molecule has 0 atom stereocenters. The molecule has 6 aromatic carbocycles. The minimum absolute atomic E-state index is 0.475. The van der Waals surface area contributed by atoms with Crippen molar-refractivity contribution >= 4 is 43.6 Å². The monoisotopic (exact) mass is 690 g/mol. The van der Waals surface area contributed by atoms with Crippen LogP contribution in [0.4, 0.5) is 0 Å². The minimum atomic E-state index is 0.475. The van der Waals surface area contributed by atoms with Crippen molar-refractivity contribution in [3.05, 3.63) is 169 Å². The zero-order chi connectivity index (χ0) is 36.2. The third-order valence-electron chi connectivity index (χ3n) is 10.0. The van der Waals surface area contributed by atoms with E-state index < -0.39 is 0 Å². The van der Waals surface area contributed by atoms with E-state index in [1.807, 2.05) is 60.7 Å². The highest BCUT2D eigenvalue weighted by Crippen LogP contribution is 2.43. The SMILES string of the molecule is N#Cc1cccc(-c2ccc(-n3c4ccccc4c4ccc(-c5ncccn5)cc43)c(C#N)c2-n2c3ccccc3c3ccc(-c4ncccn4)cc32)c1. The first kappa shape index (κ1) is 30.8. The number of rotatable bonds is 5. The Morgan fingerprint density at radius 2 is 0.981 bits per heavy atom. The van der Waals surface area contributed by atoms with Crippen LogP contribution in [0, 0.1) is 22.7 Å². The summed E-state index contributed by atoms with van der Waals surface area (Å²) in [4.78, 5) is 18.2. The molecule has 0 spiro atoms. The molecule has 0 aliphatic heterocycles. The Labute approximate surface area is 309 Å². The van der Waals surface area contributed by atoms with Crippen LogP contribution in [0.5, 0.6) is 0 Å². The molecule has 0 radical (unpaired) electrons. The van der Waals surface area contributed by atoms with E-state index >= 15 is 0 Å². The van der Waals surface area contributed by atoms with Crippen molar-refractivity contribution in [3.8, 4) is 57.4 Å². The summed E-state index contributed by atoms with van der Waals surface area (Å²) in [6, 6.07) is 49.2. The first-order valence-corrected chi connectivity index (χ1v) is 17.4. The molecule has 0 aliphatic carbocycles. The average Bonchev–Trinajstić information content (AvgIpc) is 3.75. The lowest BCUT2D eigenvalue weighted by Gasteiger charge is -2.20. The molecule has 0 saturated carbocycles. The lowest BCUT2D eigenvalue weighted by Crippen LogP contribution is -2.06. The summed E-state index contributed by atoms with van der Waals surface area (Å²) in [5, 5.41) is 25.6. The fraction of sp³-hybridized carbons (Fsp3) is 0. The highest BCUT2D eigenvalue weighted by molar-refractivity contribution is 6.12. The van der Waals surface area contributed by atoms with Gasteiger partial charge in [-0.2, -0.15) is 10.5 Å². The molecule has 0 fully saturated rings. The van der Waals surface area contributed by atoms with Gasteiger partial charge < -0.3 is 9.13 Å². The summed E-state index contributed by atoms with van der Waals surface area (Å²) in [5.74, 6) is 1.23. The van der Waals surface area contributed by atoms with Gasteiger partial charge in [-0.25, -0.2) is 19.9 Å². The molecule has 250 valence electrons. The first-order valence-electron chi connectivity index (χ1n) is 17.4. The Kier molecular flexibility index (Phi) is 7.07. The van der Waals surface area contributed by atoms with Crippen LogP contribution < -0.4 is 0 Å². The largest absolute Gasteiger partial charge is 0.308 e. The summed E-state index contributed by atoms with van der Waals surface area (Å²) < 4.78 is 4.36. The van der Waals surface area contributed by atoms with Crippen molar-refractivity contribution in [2.24, 2.45) is 0 Å². The van der Waals surface area contributed by atoms with Crippen LogP contribution in [0.15, 0.2) is 158 Å². The highest BCUT2D eigenvalue weighted by atomic mass is 15.0. The van der Waals surface area contributed by atoms with Crippen molar-refractivity contribution in [1.29, 1.82) is 10.5 Å². The summed E-state index contributed by atoms with van der Waals surface area (Å²) in [5.41, 5.74) is 9.53. The molecule has 0 aliphatic rings. The van der Waals surface area contributed by atoms with Crippen LogP contribution >= 0.6 is 0 Å². The van der Waals surface area contributed by atoms with Gasteiger partial charge in [-0.15, -0.1) is 0 Å². The third-order valence-corrected chi connectivity index (χ3v) is 10.0. The Balaban J connectivity index is 1.35. The minimum Gasteiger partial charge on any atom is -0.308 e. The molecule has 0 N–H and O–H groups in total. The Morgan fingerprint density at radius 1 is 0.426 bits per heavy atom. The van der Waals surface area contributed by atoms with Gasteiger partial charge in [0.25, 0.3) is 0 Å². The van der Waals surface area contributed by atoms with Crippen LogP contribution in [-0.4, -0.2) is 29.1 Å². The first-order chi connectivity index (χ1) is 26.7. The maximum absolute atomic E-state index is 11.5. The van der Waals surface area contributed by atoms with E-state index in [4.69, 9.17) is 0 Å². The molecule has 4 heterocycles. The van der Waals surface area contributed by atoms with Crippen molar-refractivity contribution in [2.45, 2.75) is 0 Å². The number of para-hydroxylation sites is 2. The molecule has 0 unspecified atom stereocenters. The molecule has 0 saturated heterocycles. The van der Waals surface area contributed by atoms with Gasteiger partial charge in [-0.05, 0) is 60.2 Å². The van der Waals surface area contributed by atoms with Crippen LogP contribution in [0.1, 0.15) is 11.1 Å². The van der Waals surface area contributed by atoms with Gasteiger partial charge in [-0.3, -0.25) is 0 Å². The summed E-state index contributed by atoms with van der Waals surface area (Å²) in [6.07, 6.45) is 6.95. The number of nitriles is 2. The highest BCUT2D eigenvalue weighted by Gasteiger charge is 2.25. The van der Waals surface area contributed by atoms with E-state index in [9.17, 15) is 10.5 Å². The maximum atomic E-state index is 11.5. The molecule has 8 nitrogen and oxygen atoms in total. The van der Waals surface area contributed by atoms with Gasteiger partial charge in [0, 0.05) is 63.0 Å². The number of hydrogen-bond donors (Lipinski definition) is 0. The molecule has 0 bridgehead atoms. The predicted molar refractivity (Wildman–Crippen MR) is 212 cm³/mol. The van der Waals surface area contributed by atoms with Crippen molar-refractivity contribution < 1.29 is 0 Å². The third kappa shape index (κ3) is 4.76. The Bertz CT molecular complexity index is 3180. The lowest BCUT2D eigenvalue weighted by atomic mass is 9.97. The van der Waals surface area contributed by atoms with E-state index in [0.717, 1.165) is 71.6 Å². The number of benzene rings is 6. The molecule has 54 heavy (non-hydrogen) atoms. The zero-order valence-electron chi connectivity index (χ0n) is 28.6. The van der Waals surface area contributed by atoms with Gasteiger partial charge in [0.05, 0.1) is 45.1 Å². The van der Waals surface area contributed by atoms with E-state index in [1.54, 1.807) is 43.0 Å². The van der Waals surface area contributed by atoms with Crippen molar-refractivity contribution in [3.63, 3.8) is 0 Å². The van der Waals surface area contributed by atoms with Crippen LogP contribution in [-0.2, 0) is 0 Å². The van der Waals surface area contributed by atoms with Gasteiger partial charge in [0.1, 0.15) is 11.6 Å². The fourth-order valence-corrected chi connectivity index (χ4v) is 7.71. The second-order valence-corrected chi connectivity index (χ2v) is 13.0. The summed E-state index contributed by atoms with van der Waals surface area (Å²) in [6.45, 7) is 0. The van der Waals surface area contributed by atoms with Crippen LogP contribution in [0.3, 0.4) is 0 Å². The molecular formula is C46H26N8. The van der Waals surface area contributed by atoms with E-state index in [-0.39, 0.29) is 0 Å². The normalized spacial score (nSPS) is 11.3. The van der Waals surface area contributed by atoms with Crippen LogP contribution in [0.2, 0.25) is 0 Å². The molecular weight excluding hydrogens is 665 g/mol. The zero-order valence-corrected chi connectivity index (χ0v) is 28.6. The van der Waals surface area contributed by atoms with Crippen molar-refractivity contribution in [2.75, 3.05) is 0 Å². The van der Waals surface area contributed by atoms with Crippen LogP contribution in [0.25, 0.3) is 88.9 Å². The van der Waals surface area contributed by atoms with Crippen molar-refractivity contribution in [1.82, 2.24) is 29.1 Å². The van der Waals surface area contributed by atoms with E-state index in [1.165, 1.54) is 0 Å². The maximum Gasteiger partial charge on any atom is 0.159 e. The second-order valence-electron chi connectivity index (χ2n) is 13.0. The standard InChI is InChI=1S/C46H26N8/c47-27-29-8-5-9-30(24-29)33-18-19-41(53-39-12-3-1-10-34(39)36-16-14-31(25-42(36)53)45-49-20-6-21-50-45)38(28-48)44(33)54-40-13-4-2-11-35(40)37-17-15-32(26-43(37)54)46-51-22-7-23-52-46/h1-26H. The Morgan fingerprint density at radius 3 is 1.57 bits per heavy atom. The van der Waals surface area contributed by atoms with E-state index in [2.05, 4.69) is 95.8 Å². The van der Waals surface area contributed by atoms with Gasteiger partial charge in [0.2, 0.25) is 0 Å². The number of hydrogen-bond acceptors (Lipinski definition) is 6. The molecule has 4 aromatic heterocycles.